The molecule has 0 bridgehead atoms. The van der Waals surface area contributed by atoms with Crippen molar-refractivity contribution in [1.82, 2.24) is 19.3 Å². The van der Waals surface area contributed by atoms with Crippen LogP contribution in [0, 0.1) is 11.3 Å². The molecule has 0 spiro atoms. The van der Waals surface area contributed by atoms with Gasteiger partial charge in [-0.05, 0) is 31.9 Å². The van der Waals surface area contributed by atoms with Gasteiger partial charge in [0, 0.05) is 32.1 Å². The number of sulfonamides is 1. The molecule has 0 radical (unpaired) electrons. The monoisotopic (exact) mass is 526 g/mol. The number of hydrogen-bond donors (Lipinski definition) is 2. The van der Waals surface area contributed by atoms with Gasteiger partial charge in [-0.15, -0.1) is 0 Å². The van der Waals surface area contributed by atoms with E-state index in [0.29, 0.717) is 0 Å². The van der Waals surface area contributed by atoms with Crippen LogP contribution < -0.4 is 10.1 Å². The smallest absolute Gasteiger partial charge is 0.260 e. The molecule has 0 amide bonds. The van der Waals surface area contributed by atoms with Crippen molar-refractivity contribution in [3.63, 3.8) is 0 Å². The summed E-state index contributed by atoms with van der Waals surface area (Å²) >= 11 is 0. The van der Waals surface area contributed by atoms with Crippen molar-refractivity contribution in [3.8, 4) is 11.9 Å². The van der Waals surface area contributed by atoms with Gasteiger partial charge in [0.15, 0.2) is 5.03 Å². The van der Waals surface area contributed by atoms with Crippen molar-refractivity contribution >= 4 is 16.0 Å². The molecule has 3 heterocycles. The first-order valence-corrected chi connectivity index (χ1v) is 12.7. The number of aliphatic hydroxyl groups is 1. The number of ether oxygens (including phenoxy) is 1. The van der Waals surface area contributed by atoms with Crippen molar-refractivity contribution in [3.05, 3.63) is 36.2 Å². The van der Waals surface area contributed by atoms with Crippen LogP contribution in [0.2, 0.25) is 0 Å². The number of aromatic nitrogens is 3. The van der Waals surface area contributed by atoms with Crippen molar-refractivity contribution in [2.75, 3.05) is 18.4 Å². The maximum absolute atomic E-state index is 15.0. The predicted octanol–water partition coefficient (Wildman–Crippen LogP) is 2.27. The minimum atomic E-state index is -3.95. The third kappa shape index (κ3) is 5.53. The molecule has 194 valence electrons. The van der Waals surface area contributed by atoms with E-state index in [1.165, 1.54) is 25.3 Å². The Morgan fingerprint density at radius 2 is 2.08 bits per heavy atom. The van der Waals surface area contributed by atoms with Crippen LogP contribution in [0.3, 0.4) is 0 Å². The summed E-state index contributed by atoms with van der Waals surface area (Å²) in [4.78, 5) is 11.9. The van der Waals surface area contributed by atoms with Crippen LogP contribution in [0.5, 0.6) is 5.88 Å². The quantitative estimate of drug-likeness (QED) is 0.580. The lowest BCUT2D eigenvalue weighted by molar-refractivity contribution is -0.162. The molecule has 2 fully saturated rings. The SMILES string of the molecule is C[C@]1(O)CC(F)(F)CC[C@H]1Oc1nc(N[C@H]2CCN(S(=O)(=O)c3ccccn3)C[C@H]2F)ncc1C#N. The zero-order valence-corrected chi connectivity index (χ0v) is 20.1. The third-order valence-corrected chi connectivity index (χ3v) is 8.05. The molecule has 14 heteroatoms. The van der Waals surface area contributed by atoms with Crippen LogP contribution in [0.15, 0.2) is 35.6 Å². The molecule has 1 aliphatic carbocycles. The Labute approximate surface area is 206 Å². The standard InChI is InChI=1S/C22H25F3N6O4S/c1-21(32)13-22(24,25)7-5-17(21)35-19-14(10-26)11-28-20(30-19)29-16-6-9-31(12-15(16)23)36(33,34)18-4-2-3-8-27-18/h2-4,8,11,15-17,32H,5-7,9,12-13H2,1H3,(H,28,29,30)/t15-,16+,17-,21+/m1/s1. The van der Waals surface area contributed by atoms with Gasteiger partial charge < -0.3 is 15.2 Å². The summed E-state index contributed by atoms with van der Waals surface area (Å²) in [7, 11) is -3.95. The maximum Gasteiger partial charge on any atom is 0.260 e. The van der Waals surface area contributed by atoms with Crippen LogP contribution in [0.4, 0.5) is 19.1 Å². The first-order chi connectivity index (χ1) is 16.9. The van der Waals surface area contributed by atoms with Crippen molar-refractivity contribution in [2.45, 2.75) is 67.5 Å². The van der Waals surface area contributed by atoms with Gasteiger partial charge in [0.05, 0.1) is 12.2 Å². The molecule has 0 unspecified atom stereocenters. The highest BCUT2D eigenvalue weighted by molar-refractivity contribution is 7.89. The molecule has 1 saturated heterocycles. The summed E-state index contributed by atoms with van der Waals surface area (Å²) < 4.78 is 74.6. The van der Waals surface area contributed by atoms with E-state index >= 15 is 0 Å². The van der Waals surface area contributed by atoms with E-state index in [1.54, 1.807) is 6.07 Å². The van der Waals surface area contributed by atoms with E-state index in [4.69, 9.17) is 4.74 Å². The maximum atomic E-state index is 15.0. The zero-order valence-electron chi connectivity index (χ0n) is 19.3. The minimum Gasteiger partial charge on any atom is -0.470 e. The Morgan fingerprint density at radius 1 is 1.31 bits per heavy atom. The first-order valence-electron chi connectivity index (χ1n) is 11.3. The van der Waals surface area contributed by atoms with Gasteiger partial charge in [-0.3, -0.25) is 0 Å². The van der Waals surface area contributed by atoms with Crippen molar-refractivity contribution < 1.29 is 31.4 Å². The number of nitrogens with one attached hydrogen (secondary N) is 1. The topological polar surface area (TPSA) is 141 Å². The molecule has 36 heavy (non-hydrogen) atoms. The summed E-state index contributed by atoms with van der Waals surface area (Å²) in [5.74, 6) is -3.34. The predicted molar refractivity (Wildman–Crippen MR) is 121 cm³/mol. The molecule has 0 aromatic carbocycles. The van der Waals surface area contributed by atoms with Crippen molar-refractivity contribution in [1.29, 1.82) is 5.26 Å². The summed E-state index contributed by atoms with van der Waals surface area (Å²) in [5, 5.41) is 22.5. The molecule has 4 rings (SSSR count). The fourth-order valence-corrected chi connectivity index (χ4v) is 5.75. The third-order valence-electron chi connectivity index (χ3n) is 6.27. The lowest BCUT2D eigenvalue weighted by atomic mass is 9.81. The lowest BCUT2D eigenvalue weighted by Crippen LogP contribution is -2.51. The highest BCUT2D eigenvalue weighted by Gasteiger charge is 2.49. The average molecular weight is 527 g/mol. The van der Waals surface area contributed by atoms with Gasteiger partial charge in [0.1, 0.15) is 29.5 Å². The van der Waals surface area contributed by atoms with E-state index in [0.717, 1.165) is 10.5 Å². The molecule has 4 atom stereocenters. The van der Waals surface area contributed by atoms with Crippen molar-refractivity contribution in [2.24, 2.45) is 0 Å². The fourth-order valence-electron chi connectivity index (χ4n) is 4.36. The number of halogens is 3. The molecule has 2 N–H and O–H groups in total. The number of rotatable bonds is 6. The Morgan fingerprint density at radius 3 is 2.72 bits per heavy atom. The van der Waals surface area contributed by atoms with Crippen LogP contribution in [-0.2, 0) is 10.0 Å². The molecule has 10 nitrogen and oxygen atoms in total. The summed E-state index contributed by atoms with van der Waals surface area (Å²) in [6.07, 6.45) is -1.52. The number of nitriles is 1. The second-order valence-corrected chi connectivity index (χ2v) is 11.0. The highest BCUT2D eigenvalue weighted by Crippen LogP contribution is 2.41. The van der Waals surface area contributed by atoms with Gasteiger partial charge in [0.2, 0.25) is 11.8 Å². The van der Waals surface area contributed by atoms with Gasteiger partial charge in [-0.1, -0.05) is 6.07 Å². The first kappa shape index (κ1) is 26.1. The number of piperidine rings is 1. The normalized spacial score (nSPS) is 28.7. The second-order valence-electron chi connectivity index (χ2n) is 9.15. The van der Waals surface area contributed by atoms with Crippen LogP contribution in [0.1, 0.15) is 38.2 Å². The van der Waals surface area contributed by atoms with E-state index in [2.05, 4.69) is 20.3 Å². The lowest BCUT2D eigenvalue weighted by Gasteiger charge is -2.40. The van der Waals surface area contributed by atoms with E-state index in [1.807, 2.05) is 6.07 Å². The Bertz CT molecular complexity index is 1240. The number of pyridine rings is 1. The molecule has 2 aromatic heterocycles. The van der Waals surface area contributed by atoms with Crippen LogP contribution >= 0.6 is 0 Å². The Kier molecular flexibility index (Phi) is 7.09. The van der Waals surface area contributed by atoms with E-state index < -0.39 is 59.3 Å². The number of hydrogen-bond acceptors (Lipinski definition) is 9. The second kappa shape index (κ2) is 9.79. The zero-order chi connectivity index (χ0) is 26.1. The van der Waals surface area contributed by atoms with Crippen LogP contribution in [-0.4, -0.2) is 75.7 Å². The van der Waals surface area contributed by atoms with Gasteiger partial charge in [-0.25, -0.2) is 31.6 Å². The Balaban J connectivity index is 1.45. The van der Waals surface area contributed by atoms with Gasteiger partial charge in [0.25, 0.3) is 15.9 Å². The summed E-state index contributed by atoms with van der Waals surface area (Å²) in [6.45, 7) is 0.850. The number of nitrogens with zero attached hydrogens (tertiary/aromatic N) is 5. The number of alkyl halides is 3. The molecule has 2 aromatic rings. The molecule has 2 aliphatic rings. The molecular weight excluding hydrogens is 501 g/mol. The number of anilines is 1. The highest BCUT2D eigenvalue weighted by atomic mass is 32.2. The Hall–Kier alpha value is -3.02. The summed E-state index contributed by atoms with van der Waals surface area (Å²) in [6, 6.07) is 5.45. The molecular formula is C22H25F3N6O4S. The van der Waals surface area contributed by atoms with E-state index in [-0.39, 0.29) is 41.8 Å². The molecule has 1 saturated carbocycles. The molecule has 1 aliphatic heterocycles. The average Bonchev–Trinajstić information content (AvgIpc) is 2.82. The van der Waals surface area contributed by atoms with Gasteiger partial charge >= 0.3 is 0 Å². The summed E-state index contributed by atoms with van der Waals surface area (Å²) in [5.41, 5.74) is -1.94. The van der Waals surface area contributed by atoms with Gasteiger partial charge in [-0.2, -0.15) is 14.6 Å². The minimum absolute atomic E-state index is 0.0236. The van der Waals surface area contributed by atoms with E-state index in [9.17, 15) is 32.0 Å². The largest absolute Gasteiger partial charge is 0.470 e. The fraction of sp³-hybridized carbons (Fsp3) is 0.545. The van der Waals surface area contributed by atoms with Crippen LogP contribution in [0.25, 0.3) is 0 Å².